The van der Waals surface area contributed by atoms with Gasteiger partial charge in [-0.3, -0.25) is 0 Å². The average Bonchev–Trinajstić information content (AvgIpc) is 2.81. The minimum atomic E-state index is 0.553. The number of anilines is 2. The summed E-state index contributed by atoms with van der Waals surface area (Å²) < 4.78 is 0. The zero-order valence-electron chi connectivity index (χ0n) is 10.9. The first-order valence-electron chi connectivity index (χ1n) is 6.76. The van der Waals surface area contributed by atoms with Crippen molar-refractivity contribution in [2.75, 3.05) is 23.7 Å². The van der Waals surface area contributed by atoms with Crippen LogP contribution >= 0.6 is 11.3 Å². The molecule has 3 heterocycles. The molecule has 4 nitrogen and oxygen atoms in total. The van der Waals surface area contributed by atoms with Crippen molar-refractivity contribution in [3.63, 3.8) is 0 Å². The molecular formula is C14H18N4S. The van der Waals surface area contributed by atoms with Gasteiger partial charge in [0, 0.05) is 19.2 Å². The Hall–Kier alpha value is -1.62. The molecule has 5 heteroatoms. The molecule has 0 bridgehead atoms. The molecule has 100 valence electrons. The van der Waals surface area contributed by atoms with E-state index < -0.39 is 0 Å². The number of nitrogens with two attached hydrogens (primary N) is 1. The van der Waals surface area contributed by atoms with Gasteiger partial charge < -0.3 is 10.6 Å². The Morgan fingerprint density at radius 2 is 1.89 bits per heavy atom. The van der Waals surface area contributed by atoms with Crippen LogP contribution in [0.1, 0.15) is 25.7 Å². The van der Waals surface area contributed by atoms with Crippen LogP contribution in [-0.2, 0) is 0 Å². The van der Waals surface area contributed by atoms with Crippen LogP contribution in [0.5, 0.6) is 0 Å². The van der Waals surface area contributed by atoms with E-state index in [1.807, 2.05) is 12.1 Å². The van der Waals surface area contributed by atoms with E-state index in [4.69, 9.17) is 5.73 Å². The van der Waals surface area contributed by atoms with E-state index in [2.05, 4.69) is 26.3 Å². The summed E-state index contributed by atoms with van der Waals surface area (Å²) in [6.07, 6.45) is 5.03. The van der Waals surface area contributed by atoms with Crippen LogP contribution in [0.2, 0.25) is 0 Å². The summed E-state index contributed by atoms with van der Waals surface area (Å²) >= 11 is 1.68. The number of thiophene rings is 1. The first-order chi connectivity index (χ1) is 9.33. The van der Waals surface area contributed by atoms with Crippen LogP contribution in [0.3, 0.4) is 0 Å². The Bertz CT molecular complexity index is 530. The summed E-state index contributed by atoms with van der Waals surface area (Å²) in [6.45, 7) is 2.07. The van der Waals surface area contributed by atoms with Gasteiger partial charge in [-0.15, -0.1) is 11.3 Å². The highest BCUT2D eigenvalue weighted by atomic mass is 32.1. The summed E-state index contributed by atoms with van der Waals surface area (Å²) in [7, 11) is 0. The lowest BCUT2D eigenvalue weighted by Gasteiger charge is -2.20. The molecule has 1 saturated heterocycles. The molecule has 0 aromatic carbocycles. The normalized spacial score (nSPS) is 16.3. The van der Waals surface area contributed by atoms with Gasteiger partial charge in [0.1, 0.15) is 5.82 Å². The van der Waals surface area contributed by atoms with Crippen molar-refractivity contribution in [1.29, 1.82) is 0 Å². The van der Waals surface area contributed by atoms with Crippen LogP contribution in [0.25, 0.3) is 10.6 Å². The smallest absolute Gasteiger partial charge is 0.227 e. The van der Waals surface area contributed by atoms with Gasteiger partial charge in [-0.25, -0.2) is 4.98 Å². The molecule has 1 fully saturated rings. The third-order valence-electron chi connectivity index (χ3n) is 3.40. The SMILES string of the molecule is Nc1cc(-c2cccs2)nc(N2CCCCCC2)n1. The Labute approximate surface area is 117 Å². The maximum absolute atomic E-state index is 5.94. The fourth-order valence-electron chi connectivity index (χ4n) is 2.42. The van der Waals surface area contributed by atoms with Crippen LogP contribution in [-0.4, -0.2) is 23.1 Å². The van der Waals surface area contributed by atoms with E-state index in [0.717, 1.165) is 29.6 Å². The van der Waals surface area contributed by atoms with Gasteiger partial charge in [0.15, 0.2) is 0 Å². The second-order valence-electron chi connectivity index (χ2n) is 4.86. The van der Waals surface area contributed by atoms with Crippen LogP contribution in [0, 0.1) is 0 Å². The number of hydrogen-bond donors (Lipinski definition) is 1. The molecule has 0 aliphatic carbocycles. The second kappa shape index (κ2) is 5.57. The van der Waals surface area contributed by atoms with Gasteiger partial charge in [-0.2, -0.15) is 4.98 Å². The van der Waals surface area contributed by atoms with Gasteiger partial charge in [0.25, 0.3) is 0 Å². The van der Waals surface area contributed by atoms with Crippen LogP contribution < -0.4 is 10.6 Å². The van der Waals surface area contributed by atoms with Gasteiger partial charge in [0.05, 0.1) is 10.6 Å². The Morgan fingerprint density at radius 1 is 1.11 bits per heavy atom. The number of aromatic nitrogens is 2. The fourth-order valence-corrected chi connectivity index (χ4v) is 3.10. The molecule has 0 spiro atoms. The predicted octanol–water partition coefficient (Wildman–Crippen LogP) is 3.17. The lowest BCUT2D eigenvalue weighted by Crippen LogP contribution is -2.26. The molecule has 1 aliphatic rings. The van der Waals surface area contributed by atoms with Crippen molar-refractivity contribution in [2.45, 2.75) is 25.7 Å². The van der Waals surface area contributed by atoms with E-state index in [9.17, 15) is 0 Å². The van der Waals surface area contributed by atoms with Crippen molar-refractivity contribution in [3.8, 4) is 10.6 Å². The zero-order chi connectivity index (χ0) is 13.1. The number of nitrogens with zero attached hydrogens (tertiary/aromatic N) is 3. The number of rotatable bonds is 2. The maximum atomic E-state index is 5.94. The molecule has 0 unspecified atom stereocenters. The Balaban J connectivity index is 1.92. The standard InChI is InChI=1S/C14H18N4S/c15-13-10-11(12-6-5-9-19-12)16-14(17-13)18-7-3-1-2-4-8-18/h5-6,9-10H,1-4,7-8H2,(H2,15,16,17). The molecule has 1 aliphatic heterocycles. The van der Waals surface area contributed by atoms with Gasteiger partial charge >= 0.3 is 0 Å². The molecule has 2 aromatic heterocycles. The van der Waals surface area contributed by atoms with E-state index in [-0.39, 0.29) is 0 Å². The first-order valence-corrected chi connectivity index (χ1v) is 7.64. The monoisotopic (exact) mass is 274 g/mol. The molecule has 0 radical (unpaired) electrons. The molecule has 3 rings (SSSR count). The fraction of sp³-hybridized carbons (Fsp3) is 0.429. The molecule has 2 aromatic rings. The summed E-state index contributed by atoms with van der Waals surface area (Å²) in [5.41, 5.74) is 6.87. The van der Waals surface area contributed by atoms with Crippen molar-refractivity contribution < 1.29 is 0 Å². The molecule has 0 amide bonds. The topological polar surface area (TPSA) is 55.0 Å². The quantitative estimate of drug-likeness (QED) is 0.914. The van der Waals surface area contributed by atoms with Crippen molar-refractivity contribution in [3.05, 3.63) is 23.6 Å². The Morgan fingerprint density at radius 3 is 2.58 bits per heavy atom. The molecule has 0 saturated carbocycles. The average molecular weight is 274 g/mol. The third kappa shape index (κ3) is 2.87. The highest BCUT2D eigenvalue weighted by Gasteiger charge is 2.14. The third-order valence-corrected chi connectivity index (χ3v) is 4.29. The van der Waals surface area contributed by atoms with Crippen molar-refractivity contribution in [1.82, 2.24) is 9.97 Å². The summed E-state index contributed by atoms with van der Waals surface area (Å²) in [5, 5.41) is 2.05. The van der Waals surface area contributed by atoms with Crippen molar-refractivity contribution in [2.24, 2.45) is 0 Å². The van der Waals surface area contributed by atoms with Crippen LogP contribution in [0.4, 0.5) is 11.8 Å². The molecule has 0 atom stereocenters. The molecule has 19 heavy (non-hydrogen) atoms. The summed E-state index contributed by atoms with van der Waals surface area (Å²) in [5.74, 6) is 1.34. The highest BCUT2D eigenvalue weighted by Crippen LogP contribution is 2.26. The van der Waals surface area contributed by atoms with E-state index in [0.29, 0.717) is 5.82 Å². The largest absolute Gasteiger partial charge is 0.384 e. The number of nitrogen functional groups attached to an aromatic ring is 1. The van der Waals surface area contributed by atoms with Gasteiger partial charge in [-0.1, -0.05) is 18.9 Å². The minimum Gasteiger partial charge on any atom is -0.384 e. The van der Waals surface area contributed by atoms with Crippen LogP contribution in [0.15, 0.2) is 23.6 Å². The number of hydrogen-bond acceptors (Lipinski definition) is 5. The van der Waals surface area contributed by atoms with E-state index >= 15 is 0 Å². The minimum absolute atomic E-state index is 0.553. The Kier molecular flexibility index (Phi) is 3.64. The second-order valence-corrected chi connectivity index (χ2v) is 5.80. The van der Waals surface area contributed by atoms with Crippen molar-refractivity contribution >= 4 is 23.1 Å². The lowest BCUT2D eigenvalue weighted by molar-refractivity contribution is 0.726. The summed E-state index contributed by atoms with van der Waals surface area (Å²) in [6, 6.07) is 5.95. The maximum Gasteiger partial charge on any atom is 0.227 e. The van der Waals surface area contributed by atoms with Gasteiger partial charge in [0.2, 0.25) is 5.95 Å². The summed E-state index contributed by atoms with van der Waals surface area (Å²) in [4.78, 5) is 12.5. The molecular weight excluding hydrogens is 256 g/mol. The molecule has 2 N–H and O–H groups in total. The highest BCUT2D eigenvalue weighted by molar-refractivity contribution is 7.13. The predicted molar refractivity (Wildman–Crippen MR) is 80.4 cm³/mol. The van der Waals surface area contributed by atoms with E-state index in [1.165, 1.54) is 25.7 Å². The van der Waals surface area contributed by atoms with E-state index in [1.54, 1.807) is 11.3 Å². The lowest BCUT2D eigenvalue weighted by atomic mass is 10.2. The zero-order valence-corrected chi connectivity index (χ0v) is 11.7. The van der Waals surface area contributed by atoms with Gasteiger partial charge in [-0.05, 0) is 24.3 Å². The first kappa shape index (κ1) is 12.4.